The average molecular weight is 276 g/mol. The molecule has 3 atom stereocenters. The number of benzene rings is 1. The molecule has 20 heavy (non-hydrogen) atoms. The van der Waals surface area contributed by atoms with Crippen LogP contribution in [0, 0.1) is 11.8 Å². The van der Waals surface area contributed by atoms with Crippen LogP contribution < -0.4 is 15.0 Å². The molecule has 0 spiro atoms. The molecule has 1 saturated carbocycles. The van der Waals surface area contributed by atoms with Crippen LogP contribution in [0.25, 0.3) is 0 Å². The van der Waals surface area contributed by atoms with Gasteiger partial charge in [-0.2, -0.15) is 0 Å². The standard InChI is InChI=1S/C17H28N2O/c1-13-9-10-15(18-2)14(11-13)12-19(3)16-7-5-6-8-17(16)20-4/h5-8,13-15,18H,9-12H2,1-4H3. The SMILES string of the molecule is CNC1CCC(C)CC1CN(C)c1ccccc1OC. The third-order valence-corrected chi connectivity index (χ3v) is 4.62. The molecule has 3 unspecified atom stereocenters. The Morgan fingerprint density at radius 1 is 1.30 bits per heavy atom. The summed E-state index contributed by atoms with van der Waals surface area (Å²) < 4.78 is 5.47. The molecule has 0 aliphatic heterocycles. The van der Waals surface area contributed by atoms with Crippen molar-refractivity contribution in [2.45, 2.75) is 32.2 Å². The fourth-order valence-corrected chi connectivity index (χ4v) is 3.48. The number of methoxy groups -OCH3 is 1. The normalized spacial score (nSPS) is 26.3. The average Bonchev–Trinajstić information content (AvgIpc) is 2.47. The van der Waals surface area contributed by atoms with Crippen LogP contribution in [0.15, 0.2) is 24.3 Å². The first-order valence-corrected chi connectivity index (χ1v) is 7.67. The second-order valence-electron chi connectivity index (χ2n) is 6.13. The molecule has 1 aliphatic carbocycles. The lowest BCUT2D eigenvalue weighted by atomic mass is 9.78. The van der Waals surface area contributed by atoms with E-state index in [-0.39, 0.29) is 0 Å². The van der Waals surface area contributed by atoms with Crippen LogP contribution in [0.3, 0.4) is 0 Å². The number of hydrogen-bond donors (Lipinski definition) is 1. The quantitative estimate of drug-likeness (QED) is 0.894. The minimum atomic E-state index is 0.642. The first-order chi connectivity index (χ1) is 9.65. The predicted octanol–water partition coefficient (Wildman–Crippen LogP) is 3.16. The topological polar surface area (TPSA) is 24.5 Å². The van der Waals surface area contributed by atoms with E-state index in [1.165, 1.54) is 24.9 Å². The van der Waals surface area contributed by atoms with Crippen molar-refractivity contribution in [3.63, 3.8) is 0 Å². The van der Waals surface area contributed by atoms with Gasteiger partial charge in [0.15, 0.2) is 0 Å². The molecule has 1 N–H and O–H groups in total. The third kappa shape index (κ3) is 3.45. The van der Waals surface area contributed by atoms with Crippen molar-refractivity contribution in [2.24, 2.45) is 11.8 Å². The van der Waals surface area contributed by atoms with E-state index >= 15 is 0 Å². The highest BCUT2D eigenvalue weighted by Crippen LogP contribution is 2.32. The Bertz CT molecular complexity index is 421. The monoisotopic (exact) mass is 276 g/mol. The zero-order valence-corrected chi connectivity index (χ0v) is 13.2. The second-order valence-corrected chi connectivity index (χ2v) is 6.13. The summed E-state index contributed by atoms with van der Waals surface area (Å²) in [7, 11) is 6.01. The van der Waals surface area contributed by atoms with Gasteiger partial charge in [-0.05, 0) is 50.3 Å². The highest BCUT2D eigenvalue weighted by atomic mass is 16.5. The van der Waals surface area contributed by atoms with Gasteiger partial charge in [0.25, 0.3) is 0 Å². The predicted molar refractivity (Wildman–Crippen MR) is 85.6 cm³/mol. The Balaban J connectivity index is 2.07. The molecule has 1 aromatic rings. The molecule has 3 nitrogen and oxygen atoms in total. The Labute approximate surface area is 123 Å². The molecule has 0 aromatic heterocycles. The number of nitrogens with one attached hydrogen (secondary N) is 1. The highest BCUT2D eigenvalue weighted by Gasteiger charge is 2.28. The summed E-state index contributed by atoms with van der Waals surface area (Å²) >= 11 is 0. The van der Waals surface area contributed by atoms with E-state index in [2.05, 4.69) is 43.4 Å². The summed E-state index contributed by atoms with van der Waals surface area (Å²) in [6, 6.07) is 8.91. The lowest BCUT2D eigenvalue weighted by Crippen LogP contribution is -2.43. The Morgan fingerprint density at radius 3 is 2.75 bits per heavy atom. The summed E-state index contributed by atoms with van der Waals surface area (Å²) in [5.74, 6) is 2.51. The minimum absolute atomic E-state index is 0.642. The van der Waals surface area contributed by atoms with Gasteiger partial charge in [-0.15, -0.1) is 0 Å². The summed E-state index contributed by atoms with van der Waals surface area (Å²) in [4.78, 5) is 2.34. The number of ether oxygens (including phenoxy) is 1. The maximum atomic E-state index is 5.47. The van der Waals surface area contributed by atoms with Gasteiger partial charge in [-0.1, -0.05) is 19.1 Å². The second kappa shape index (κ2) is 6.98. The number of rotatable bonds is 5. The number of nitrogens with zero attached hydrogens (tertiary/aromatic N) is 1. The fraction of sp³-hybridized carbons (Fsp3) is 0.647. The minimum Gasteiger partial charge on any atom is -0.495 e. The summed E-state index contributed by atoms with van der Waals surface area (Å²) in [5.41, 5.74) is 1.18. The fourth-order valence-electron chi connectivity index (χ4n) is 3.48. The van der Waals surface area contributed by atoms with Crippen LogP contribution in [0.2, 0.25) is 0 Å². The van der Waals surface area contributed by atoms with E-state index in [0.29, 0.717) is 12.0 Å². The smallest absolute Gasteiger partial charge is 0.142 e. The largest absolute Gasteiger partial charge is 0.495 e. The molecule has 1 aromatic carbocycles. The van der Waals surface area contributed by atoms with Crippen molar-refractivity contribution in [1.29, 1.82) is 0 Å². The molecule has 3 heteroatoms. The molecular weight excluding hydrogens is 248 g/mol. The first kappa shape index (κ1) is 15.2. The highest BCUT2D eigenvalue weighted by molar-refractivity contribution is 5.57. The van der Waals surface area contributed by atoms with Crippen molar-refractivity contribution < 1.29 is 4.74 Å². The zero-order chi connectivity index (χ0) is 14.5. The molecule has 0 heterocycles. The molecular formula is C17H28N2O. The summed E-state index contributed by atoms with van der Waals surface area (Å²) in [5, 5.41) is 3.50. The van der Waals surface area contributed by atoms with Crippen molar-refractivity contribution in [3.8, 4) is 5.75 Å². The Morgan fingerprint density at radius 2 is 2.05 bits per heavy atom. The van der Waals surface area contributed by atoms with Crippen molar-refractivity contribution in [1.82, 2.24) is 5.32 Å². The van der Waals surface area contributed by atoms with Gasteiger partial charge in [-0.3, -0.25) is 0 Å². The lowest BCUT2D eigenvalue weighted by molar-refractivity contribution is 0.225. The van der Waals surface area contributed by atoms with Crippen LogP contribution >= 0.6 is 0 Å². The third-order valence-electron chi connectivity index (χ3n) is 4.62. The molecule has 0 bridgehead atoms. The molecule has 2 rings (SSSR count). The number of hydrogen-bond acceptors (Lipinski definition) is 3. The number of para-hydroxylation sites is 2. The zero-order valence-electron chi connectivity index (χ0n) is 13.2. The van der Waals surface area contributed by atoms with E-state index in [1.54, 1.807) is 7.11 Å². The van der Waals surface area contributed by atoms with Crippen molar-refractivity contribution in [2.75, 3.05) is 32.6 Å². The molecule has 0 radical (unpaired) electrons. The maximum Gasteiger partial charge on any atom is 0.142 e. The van der Waals surface area contributed by atoms with E-state index in [1.807, 2.05) is 12.1 Å². The van der Waals surface area contributed by atoms with Gasteiger partial charge in [0.1, 0.15) is 5.75 Å². The van der Waals surface area contributed by atoms with Crippen LogP contribution in [-0.2, 0) is 0 Å². The Kier molecular flexibility index (Phi) is 5.30. The van der Waals surface area contributed by atoms with E-state index in [9.17, 15) is 0 Å². The molecule has 1 aliphatic rings. The van der Waals surface area contributed by atoms with Gasteiger partial charge in [0.05, 0.1) is 12.8 Å². The lowest BCUT2D eigenvalue weighted by Gasteiger charge is -2.37. The number of anilines is 1. The van der Waals surface area contributed by atoms with Gasteiger partial charge in [0, 0.05) is 19.6 Å². The van der Waals surface area contributed by atoms with Gasteiger partial charge < -0.3 is 15.0 Å². The van der Waals surface area contributed by atoms with Crippen LogP contribution in [0.4, 0.5) is 5.69 Å². The van der Waals surface area contributed by atoms with Gasteiger partial charge >= 0.3 is 0 Å². The van der Waals surface area contributed by atoms with Crippen molar-refractivity contribution in [3.05, 3.63) is 24.3 Å². The summed E-state index contributed by atoms with van der Waals surface area (Å²) in [6.45, 7) is 3.46. The van der Waals surface area contributed by atoms with Gasteiger partial charge in [-0.25, -0.2) is 0 Å². The Hall–Kier alpha value is -1.22. The maximum absolute atomic E-state index is 5.47. The van der Waals surface area contributed by atoms with Crippen LogP contribution in [0.1, 0.15) is 26.2 Å². The van der Waals surface area contributed by atoms with Gasteiger partial charge in [0.2, 0.25) is 0 Å². The summed E-state index contributed by atoms with van der Waals surface area (Å²) in [6.07, 6.45) is 3.95. The molecule has 0 amide bonds. The molecule has 1 fully saturated rings. The molecule has 112 valence electrons. The van der Waals surface area contributed by atoms with Crippen molar-refractivity contribution >= 4 is 5.69 Å². The molecule has 0 saturated heterocycles. The first-order valence-electron chi connectivity index (χ1n) is 7.67. The van der Waals surface area contributed by atoms with E-state index in [0.717, 1.165) is 18.2 Å². The van der Waals surface area contributed by atoms with Crippen LogP contribution in [-0.4, -0.2) is 33.8 Å². The van der Waals surface area contributed by atoms with E-state index in [4.69, 9.17) is 4.74 Å². The van der Waals surface area contributed by atoms with E-state index < -0.39 is 0 Å². The van der Waals surface area contributed by atoms with Crippen LogP contribution in [0.5, 0.6) is 5.75 Å².